The lowest BCUT2D eigenvalue weighted by molar-refractivity contribution is -0.123. The smallest absolute Gasteiger partial charge is 0.262 e. The molecule has 2 N–H and O–H groups in total. The standard InChI is InChI=1S/C21H23N3O2S/c1-27-16-14-19(23-20(25)18-12-6-3-7-13-18)21(26)24-22-15-8-11-17-9-4-2-5-10-17/h2-13,15,19H,14,16H2,1H3,(H,23,25)(H,24,26)/t19-/m0/s1. The van der Waals surface area contributed by atoms with Crippen LogP contribution in [0, 0.1) is 0 Å². The average Bonchev–Trinajstić information content (AvgIpc) is 2.72. The molecule has 0 unspecified atom stereocenters. The largest absolute Gasteiger partial charge is 0.340 e. The molecule has 0 spiro atoms. The van der Waals surface area contributed by atoms with Crippen LogP contribution in [0.4, 0.5) is 0 Å². The number of carbonyl (C=O) groups excluding carboxylic acids is 2. The molecule has 6 heteroatoms. The van der Waals surface area contributed by atoms with E-state index in [2.05, 4.69) is 15.8 Å². The number of nitrogens with one attached hydrogen (secondary N) is 2. The van der Waals surface area contributed by atoms with Crippen LogP contribution in [0.5, 0.6) is 0 Å². The van der Waals surface area contributed by atoms with Crippen molar-refractivity contribution < 1.29 is 9.59 Å². The van der Waals surface area contributed by atoms with Gasteiger partial charge in [-0.2, -0.15) is 16.9 Å². The lowest BCUT2D eigenvalue weighted by atomic mass is 10.1. The van der Waals surface area contributed by atoms with Gasteiger partial charge in [0, 0.05) is 11.8 Å². The van der Waals surface area contributed by atoms with Crippen LogP contribution in [-0.4, -0.2) is 36.1 Å². The summed E-state index contributed by atoms with van der Waals surface area (Å²) in [4.78, 5) is 24.7. The van der Waals surface area contributed by atoms with Gasteiger partial charge in [0.25, 0.3) is 11.8 Å². The fourth-order valence-corrected chi connectivity index (χ4v) is 2.75. The number of hydrogen-bond donors (Lipinski definition) is 2. The second-order valence-corrected chi connectivity index (χ2v) is 6.68. The first-order valence-electron chi connectivity index (χ1n) is 8.60. The molecule has 27 heavy (non-hydrogen) atoms. The van der Waals surface area contributed by atoms with Gasteiger partial charge in [-0.05, 0) is 42.2 Å². The van der Waals surface area contributed by atoms with Crippen molar-refractivity contribution in [2.24, 2.45) is 5.10 Å². The zero-order chi connectivity index (χ0) is 19.3. The molecule has 0 aliphatic carbocycles. The van der Waals surface area contributed by atoms with Crippen LogP contribution in [0.25, 0.3) is 6.08 Å². The van der Waals surface area contributed by atoms with Crippen molar-refractivity contribution in [1.82, 2.24) is 10.7 Å². The monoisotopic (exact) mass is 381 g/mol. The Labute approximate surface area is 163 Å². The molecule has 0 heterocycles. The summed E-state index contributed by atoms with van der Waals surface area (Å²) < 4.78 is 0. The maximum atomic E-state index is 12.4. The number of hydrazone groups is 1. The Balaban J connectivity index is 1.90. The normalized spacial score (nSPS) is 12.2. The molecule has 2 amide bonds. The Morgan fingerprint density at radius 3 is 2.41 bits per heavy atom. The molecule has 2 aromatic carbocycles. The quantitative estimate of drug-likeness (QED) is 0.517. The number of amides is 2. The van der Waals surface area contributed by atoms with E-state index < -0.39 is 6.04 Å². The minimum absolute atomic E-state index is 0.273. The predicted molar refractivity (Wildman–Crippen MR) is 113 cm³/mol. The topological polar surface area (TPSA) is 70.6 Å². The molecule has 0 bridgehead atoms. The number of hydrogen-bond acceptors (Lipinski definition) is 4. The van der Waals surface area contributed by atoms with E-state index in [1.807, 2.05) is 48.7 Å². The summed E-state index contributed by atoms with van der Waals surface area (Å²) in [6, 6.07) is 18.0. The number of allylic oxidation sites excluding steroid dienone is 1. The minimum atomic E-state index is -0.639. The minimum Gasteiger partial charge on any atom is -0.340 e. The van der Waals surface area contributed by atoms with E-state index in [-0.39, 0.29) is 11.8 Å². The molecule has 2 rings (SSSR count). The van der Waals surface area contributed by atoms with E-state index in [1.54, 1.807) is 42.1 Å². The molecule has 0 aliphatic rings. The molecule has 5 nitrogen and oxygen atoms in total. The van der Waals surface area contributed by atoms with Crippen molar-refractivity contribution in [3.05, 3.63) is 77.9 Å². The third-order valence-corrected chi connectivity index (χ3v) is 4.34. The van der Waals surface area contributed by atoms with Crippen LogP contribution in [-0.2, 0) is 4.79 Å². The van der Waals surface area contributed by atoms with Gasteiger partial charge in [0.15, 0.2) is 0 Å². The van der Waals surface area contributed by atoms with E-state index in [9.17, 15) is 9.59 Å². The fourth-order valence-electron chi connectivity index (χ4n) is 2.28. The van der Waals surface area contributed by atoms with Gasteiger partial charge < -0.3 is 5.32 Å². The van der Waals surface area contributed by atoms with E-state index in [0.29, 0.717) is 12.0 Å². The fraction of sp³-hybridized carbons (Fsp3) is 0.190. The average molecular weight is 382 g/mol. The van der Waals surface area contributed by atoms with E-state index in [4.69, 9.17) is 0 Å². The van der Waals surface area contributed by atoms with Crippen LogP contribution >= 0.6 is 11.8 Å². The van der Waals surface area contributed by atoms with E-state index >= 15 is 0 Å². The summed E-state index contributed by atoms with van der Waals surface area (Å²) in [5.41, 5.74) is 4.06. The van der Waals surface area contributed by atoms with Crippen molar-refractivity contribution in [3.63, 3.8) is 0 Å². The first-order valence-corrected chi connectivity index (χ1v) is 9.99. The van der Waals surface area contributed by atoms with Crippen molar-refractivity contribution in [2.45, 2.75) is 12.5 Å². The SMILES string of the molecule is CSCC[C@H](NC(=O)c1ccccc1)C(=O)NN=CC=Cc1ccccc1. The maximum Gasteiger partial charge on any atom is 0.262 e. The van der Waals surface area contributed by atoms with Gasteiger partial charge in [0.2, 0.25) is 0 Å². The molecule has 0 radical (unpaired) electrons. The third-order valence-electron chi connectivity index (χ3n) is 3.69. The van der Waals surface area contributed by atoms with Gasteiger partial charge in [-0.25, -0.2) is 5.43 Å². The molecule has 0 fully saturated rings. The van der Waals surface area contributed by atoms with Gasteiger partial charge in [0.1, 0.15) is 6.04 Å². The molecule has 0 saturated heterocycles. The lowest BCUT2D eigenvalue weighted by Gasteiger charge is -2.16. The Bertz CT molecular complexity index is 777. The first-order chi connectivity index (χ1) is 13.2. The van der Waals surface area contributed by atoms with Gasteiger partial charge in [-0.3, -0.25) is 9.59 Å². The molecule has 0 saturated carbocycles. The highest BCUT2D eigenvalue weighted by Gasteiger charge is 2.20. The summed E-state index contributed by atoms with van der Waals surface area (Å²) in [6.07, 6.45) is 7.63. The highest BCUT2D eigenvalue weighted by Crippen LogP contribution is 2.04. The Hall–Kier alpha value is -2.86. The molecular formula is C21H23N3O2S. The zero-order valence-electron chi connectivity index (χ0n) is 15.2. The molecule has 0 aromatic heterocycles. The molecule has 2 aromatic rings. The van der Waals surface area contributed by atoms with E-state index in [1.165, 1.54) is 6.21 Å². The third kappa shape index (κ3) is 7.50. The molecule has 1 atom stereocenters. The number of benzene rings is 2. The van der Waals surface area contributed by atoms with Crippen LogP contribution in [0.3, 0.4) is 0 Å². The van der Waals surface area contributed by atoms with Gasteiger partial charge >= 0.3 is 0 Å². The van der Waals surface area contributed by atoms with Gasteiger partial charge in [-0.1, -0.05) is 54.6 Å². The van der Waals surface area contributed by atoms with Crippen LogP contribution < -0.4 is 10.7 Å². The number of thioether (sulfide) groups is 1. The number of rotatable bonds is 9. The van der Waals surface area contributed by atoms with Gasteiger partial charge in [0.05, 0.1) is 0 Å². The summed E-state index contributed by atoms with van der Waals surface area (Å²) in [7, 11) is 0. The van der Waals surface area contributed by atoms with Crippen LogP contribution in [0.1, 0.15) is 22.3 Å². The summed E-state index contributed by atoms with van der Waals surface area (Å²) >= 11 is 1.62. The summed E-state index contributed by atoms with van der Waals surface area (Å²) in [5.74, 6) is 0.146. The van der Waals surface area contributed by atoms with Crippen molar-refractivity contribution in [3.8, 4) is 0 Å². The highest BCUT2D eigenvalue weighted by molar-refractivity contribution is 7.98. The van der Waals surface area contributed by atoms with Crippen molar-refractivity contribution in [2.75, 3.05) is 12.0 Å². The molecule has 140 valence electrons. The van der Waals surface area contributed by atoms with Gasteiger partial charge in [-0.15, -0.1) is 0 Å². The number of nitrogens with zero attached hydrogens (tertiary/aromatic N) is 1. The predicted octanol–water partition coefficient (Wildman–Crippen LogP) is 3.35. The highest BCUT2D eigenvalue weighted by atomic mass is 32.2. The van der Waals surface area contributed by atoms with Crippen molar-refractivity contribution >= 4 is 35.9 Å². The van der Waals surface area contributed by atoms with Crippen molar-refractivity contribution in [1.29, 1.82) is 0 Å². The maximum absolute atomic E-state index is 12.4. The molecular weight excluding hydrogens is 358 g/mol. The zero-order valence-corrected chi connectivity index (χ0v) is 16.0. The Morgan fingerprint density at radius 2 is 1.74 bits per heavy atom. The summed E-state index contributed by atoms with van der Waals surface area (Å²) in [5, 5.41) is 6.70. The Morgan fingerprint density at radius 1 is 1.07 bits per heavy atom. The van der Waals surface area contributed by atoms with E-state index in [0.717, 1.165) is 11.3 Å². The summed E-state index contributed by atoms with van der Waals surface area (Å²) in [6.45, 7) is 0. The first kappa shape index (κ1) is 20.5. The van der Waals surface area contributed by atoms with Crippen LogP contribution in [0.2, 0.25) is 0 Å². The molecule has 0 aliphatic heterocycles. The Kier molecular flexibility index (Phi) is 8.86. The van der Waals surface area contributed by atoms with Crippen LogP contribution in [0.15, 0.2) is 71.8 Å². The second-order valence-electron chi connectivity index (χ2n) is 5.70. The number of carbonyl (C=O) groups is 2. The lowest BCUT2D eigenvalue weighted by Crippen LogP contribution is -2.45. The second kappa shape index (κ2) is 11.7.